The van der Waals surface area contributed by atoms with E-state index in [9.17, 15) is 13.2 Å². The first-order valence-electron chi connectivity index (χ1n) is 26.6. The molecule has 0 saturated heterocycles. The van der Waals surface area contributed by atoms with Gasteiger partial charge in [0.2, 0.25) is 0 Å². The van der Waals surface area contributed by atoms with Crippen LogP contribution in [0.5, 0.6) is 0 Å². The van der Waals surface area contributed by atoms with Crippen LogP contribution in [0, 0.1) is 41.2 Å². The fraction of sp³-hybridized carbons (Fsp3) is 0.0822. The smallest absolute Gasteiger partial charge is 0.310 e. The normalized spacial score (nSPS) is 11.8. The minimum Gasteiger partial charge on any atom is -0.310 e. The predicted octanol–water partition coefficient (Wildman–Crippen LogP) is 21.0. The van der Waals surface area contributed by atoms with Crippen LogP contribution in [0.2, 0.25) is 0 Å². The Hall–Kier alpha value is -9.70. The average Bonchev–Trinajstić information content (AvgIpc) is 4.19. The standard InChI is InChI=1S/C73H52F3N3/c1-44-11-7-15-49(33-44)53-20-29-67-63(38-53)64-39-54(50-16-8-12-45(2)34-50)21-30-68(64)78(67)71-42-57(60-27-24-58(37-48(60)5)73(74,75)76)19-26-61(71)62-28-25-59(77-6)43-72(62)79-69-31-22-55(51-17-9-13-46(3)35-51)40-65(69)66-41-56(23-32-70(66)79)52-18-10-14-47(4)36-52/h7-43H,1-5H3. The van der Waals surface area contributed by atoms with Crippen molar-refractivity contribution in [3.8, 4) is 78.1 Å². The van der Waals surface area contributed by atoms with E-state index >= 15 is 0 Å². The molecule has 0 aliphatic heterocycles. The Labute approximate surface area is 457 Å². The molecule has 0 unspecified atom stereocenters. The van der Waals surface area contributed by atoms with Crippen LogP contribution in [-0.2, 0) is 6.18 Å². The summed E-state index contributed by atoms with van der Waals surface area (Å²) in [6.07, 6.45) is -4.49. The Bertz CT molecular complexity index is 4470. The molecule has 2 aromatic heterocycles. The van der Waals surface area contributed by atoms with Crippen molar-refractivity contribution in [1.29, 1.82) is 0 Å². The largest absolute Gasteiger partial charge is 0.416 e. The summed E-state index contributed by atoms with van der Waals surface area (Å²) in [5, 5.41) is 4.27. The summed E-state index contributed by atoms with van der Waals surface area (Å²) < 4.78 is 47.2. The second-order valence-electron chi connectivity index (χ2n) is 21.1. The fourth-order valence-corrected chi connectivity index (χ4v) is 11.9. The van der Waals surface area contributed by atoms with Crippen molar-refractivity contribution in [1.82, 2.24) is 9.13 Å². The third-order valence-corrected chi connectivity index (χ3v) is 15.7. The Kier molecular flexibility index (Phi) is 11.8. The summed E-state index contributed by atoms with van der Waals surface area (Å²) in [5.41, 5.74) is 22.7. The van der Waals surface area contributed by atoms with E-state index in [0.29, 0.717) is 16.8 Å². The summed E-state index contributed by atoms with van der Waals surface area (Å²) in [7, 11) is 0. The first-order chi connectivity index (χ1) is 38.3. The molecular formula is C73H52F3N3. The topological polar surface area (TPSA) is 14.2 Å². The van der Waals surface area contributed by atoms with Gasteiger partial charge in [-0.3, -0.25) is 0 Å². The van der Waals surface area contributed by atoms with Gasteiger partial charge < -0.3 is 9.13 Å². The van der Waals surface area contributed by atoms with Gasteiger partial charge in [0.1, 0.15) is 0 Å². The van der Waals surface area contributed by atoms with E-state index in [1.165, 1.54) is 34.4 Å². The van der Waals surface area contributed by atoms with Gasteiger partial charge in [-0.25, -0.2) is 4.85 Å². The number of rotatable bonds is 8. The maximum absolute atomic E-state index is 14.2. The van der Waals surface area contributed by atoms with Gasteiger partial charge in [-0.15, -0.1) is 0 Å². The monoisotopic (exact) mass is 1030 g/mol. The molecule has 0 atom stereocenters. The fourth-order valence-electron chi connectivity index (χ4n) is 11.9. The van der Waals surface area contributed by atoms with Gasteiger partial charge >= 0.3 is 6.18 Å². The number of halogens is 3. The van der Waals surface area contributed by atoms with E-state index in [2.05, 4.69) is 230 Å². The molecular weight excluding hydrogens is 976 g/mol. The molecule has 13 rings (SSSR count). The van der Waals surface area contributed by atoms with Crippen LogP contribution in [0.25, 0.3) is 127 Å². The number of fused-ring (bicyclic) bond motifs is 6. The van der Waals surface area contributed by atoms with Crippen molar-refractivity contribution in [2.45, 2.75) is 40.8 Å². The lowest BCUT2D eigenvalue weighted by atomic mass is 9.93. The van der Waals surface area contributed by atoms with Crippen molar-refractivity contribution in [3.63, 3.8) is 0 Å². The maximum Gasteiger partial charge on any atom is 0.416 e. The summed E-state index contributed by atoms with van der Waals surface area (Å²) in [6, 6.07) is 77.2. The number of alkyl halides is 3. The highest BCUT2D eigenvalue weighted by molar-refractivity contribution is 6.14. The molecule has 0 saturated carbocycles. The third-order valence-electron chi connectivity index (χ3n) is 15.7. The molecule has 380 valence electrons. The predicted molar refractivity (Wildman–Crippen MR) is 323 cm³/mol. The number of aromatic nitrogens is 2. The lowest BCUT2D eigenvalue weighted by Gasteiger charge is -2.21. The number of benzene rings is 11. The first kappa shape index (κ1) is 48.9. The number of aryl methyl sites for hydroxylation is 5. The van der Waals surface area contributed by atoms with E-state index in [0.717, 1.165) is 116 Å². The highest BCUT2D eigenvalue weighted by Gasteiger charge is 2.31. The molecule has 0 bridgehead atoms. The van der Waals surface area contributed by atoms with Gasteiger partial charge in [0, 0.05) is 38.4 Å². The van der Waals surface area contributed by atoms with Crippen LogP contribution in [-0.4, -0.2) is 9.13 Å². The average molecular weight is 1030 g/mol. The first-order valence-corrected chi connectivity index (χ1v) is 26.6. The van der Waals surface area contributed by atoms with Crippen LogP contribution in [0.15, 0.2) is 224 Å². The van der Waals surface area contributed by atoms with Crippen LogP contribution < -0.4 is 0 Å². The van der Waals surface area contributed by atoms with Gasteiger partial charge in [0.15, 0.2) is 5.69 Å². The van der Waals surface area contributed by atoms with E-state index in [-0.39, 0.29) is 0 Å². The van der Waals surface area contributed by atoms with Crippen molar-refractivity contribution in [3.05, 3.63) is 269 Å². The summed E-state index contributed by atoms with van der Waals surface area (Å²) in [6.45, 7) is 18.6. The van der Waals surface area contributed by atoms with E-state index in [1.54, 1.807) is 13.0 Å². The zero-order valence-electron chi connectivity index (χ0n) is 44.3. The minimum atomic E-state index is -4.49. The number of nitrogens with zero attached hydrogens (tertiary/aromatic N) is 3. The second-order valence-corrected chi connectivity index (χ2v) is 21.1. The van der Waals surface area contributed by atoms with Gasteiger partial charge in [-0.05, 0) is 169 Å². The molecule has 13 aromatic rings. The Morgan fingerprint density at radius 2 is 0.671 bits per heavy atom. The van der Waals surface area contributed by atoms with Crippen molar-refractivity contribution in [2.24, 2.45) is 0 Å². The molecule has 3 nitrogen and oxygen atoms in total. The molecule has 0 fully saturated rings. The highest BCUT2D eigenvalue weighted by atomic mass is 19.4. The zero-order chi connectivity index (χ0) is 54.3. The molecule has 0 aliphatic rings. The van der Waals surface area contributed by atoms with E-state index in [4.69, 9.17) is 6.57 Å². The lowest BCUT2D eigenvalue weighted by molar-refractivity contribution is -0.137. The quantitative estimate of drug-likeness (QED) is 0.135. The highest BCUT2D eigenvalue weighted by Crippen LogP contribution is 2.46. The molecule has 79 heavy (non-hydrogen) atoms. The van der Waals surface area contributed by atoms with Crippen molar-refractivity contribution < 1.29 is 13.2 Å². The van der Waals surface area contributed by atoms with Gasteiger partial charge in [-0.1, -0.05) is 174 Å². The van der Waals surface area contributed by atoms with Crippen LogP contribution in [0.4, 0.5) is 18.9 Å². The molecule has 0 radical (unpaired) electrons. The molecule has 0 spiro atoms. The summed E-state index contributed by atoms with van der Waals surface area (Å²) in [4.78, 5) is 4.03. The lowest BCUT2D eigenvalue weighted by Crippen LogP contribution is -2.05. The van der Waals surface area contributed by atoms with E-state index in [1.807, 2.05) is 18.2 Å². The molecule has 0 amide bonds. The molecule has 6 heteroatoms. The molecule has 11 aromatic carbocycles. The van der Waals surface area contributed by atoms with E-state index < -0.39 is 11.7 Å². The van der Waals surface area contributed by atoms with Crippen molar-refractivity contribution in [2.75, 3.05) is 0 Å². The molecule has 0 aliphatic carbocycles. The minimum absolute atomic E-state index is 0.490. The van der Waals surface area contributed by atoms with Gasteiger partial charge in [0.05, 0.1) is 39.9 Å². The third kappa shape index (κ3) is 8.74. The number of hydrogen-bond acceptors (Lipinski definition) is 0. The van der Waals surface area contributed by atoms with Crippen LogP contribution in [0.1, 0.15) is 33.4 Å². The van der Waals surface area contributed by atoms with Crippen LogP contribution in [0.3, 0.4) is 0 Å². The Morgan fingerprint density at radius 1 is 0.329 bits per heavy atom. The second kappa shape index (κ2) is 19.1. The Morgan fingerprint density at radius 3 is 1.03 bits per heavy atom. The molecule has 2 heterocycles. The van der Waals surface area contributed by atoms with Crippen molar-refractivity contribution >= 4 is 49.3 Å². The number of hydrogen-bond donors (Lipinski definition) is 0. The van der Waals surface area contributed by atoms with Gasteiger partial charge in [-0.2, -0.15) is 13.2 Å². The van der Waals surface area contributed by atoms with Crippen LogP contribution >= 0.6 is 0 Å². The zero-order valence-corrected chi connectivity index (χ0v) is 44.3. The SMILES string of the molecule is [C-]#[N+]c1ccc(-c2ccc(-c3ccc(C(F)(F)F)cc3C)cc2-n2c3ccc(-c4cccc(C)c4)cc3c3cc(-c4cccc(C)c4)ccc32)c(-n2c3ccc(-c4cccc(C)c4)cc3c3cc(-c4cccc(C)c4)ccc32)c1. The summed E-state index contributed by atoms with van der Waals surface area (Å²) >= 11 is 0. The van der Waals surface area contributed by atoms with Gasteiger partial charge in [0.25, 0.3) is 0 Å². The molecule has 0 N–H and O–H groups in total. The Balaban J connectivity index is 1.11. The summed E-state index contributed by atoms with van der Waals surface area (Å²) in [5.74, 6) is 0. The maximum atomic E-state index is 14.2.